The highest BCUT2D eigenvalue weighted by molar-refractivity contribution is 5.75. The van der Waals surface area contributed by atoms with E-state index < -0.39 is 0 Å². The summed E-state index contributed by atoms with van der Waals surface area (Å²) in [6.45, 7) is 5.74. The number of hydrogen-bond acceptors (Lipinski definition) is 5. The first kappa shape index (κ1) is 18.6. The number of aryl methyl sites for hydroxylation is 2. The van der Waals surface area contributed by atoms with Crippen LogP contribution in [-0.4, -0.2) is 35.0 Å². The maximum Gasteiger partial charge on any atom is 0.315 e. The van der Waals surface area contributed by atoms with Gasteiger partial charge < -0.3 is 24.7 Å². The molecule has 1 aromatic heterocycles. The number of carbonyl (C=O) groups excluding carboxylic acids is 1. The van der Waals surface area contributed by atoms with Crippen molar-refractivity contribution in [1.82, 2.24) is 25.4 Å². The lowest BCUT2D eigenvalue weighted by molar-refractivity contribution is 0.234. The Morgan fingerprint density at radius 2 is 1.72 bits per heavy atom. The van der Waals surface area contributed by atoms with Gasteiger partial charge in [0.25, 0.3) is 0 Å². The predicted molar refractivity (Wildman–Crippen MR) is 93.8 cm³/mol. The fraction of sp³-hybridized carbons (Fsp3) is 0.471. The van der Waals surface area contributed by atoms with Gasteiger partial charge in [-0.2, -0.15) is 0 Å². The second-order valence-corrected chi connectivity index (χ2v) is 5.92. The molecule has 2 atom stereocenters. The van der Waals surface area contributed by atoms with E-state index in [1.165, 1.54) is 0 Å². The van der Waals surface area contributed by atoms with Crippen molar-refractivity contribution in [2.24, 2.45) is 7.05 Å². The van der Waals surface area contributed by atoms with Gasteiger partial charge in [-0.05, 0) is 44.0 Å². The van der Waals surface area contributed by atoms with Gasteiger partial charge in [0.15, 0.2) is 17.3 Å². The average Bonchev–Trinajstić information content (AvgIpc) is 3.00. The van der Waals surface area contributed by atoms with Gasteiger partial charge in [-0.3, -0.25) is 0 Å². The van der Waals surface area contributed by atoms with Crippen molar-refractivity contribution in [3.05, 3.63) is 35.4 Å². The van der Waals surface area contributed by atoms with Crippen molar-refractivity contribution in [2.45, 2.75) is 32.9 Å². The molecule has 8 heteroatoms. The van der Waals surface area contributed by atoms with Crippen LogP contribution in [0.2, 0.25) is 0 Å². The predicted octanol–water partition coefficient (Wildman–Crippen LogP) is 2.26. The normalized spacial score (nSPS) is 13.0. The van der Waals surface area contributed by atoms with Gasteiger partial charge in [-0.15, -0.1) is 10.2 Å². The first-order valence-electron chi connectivity index (χ1n) is 8.00. The Balaban J connectivity index is 2.07. The summed E-state index contributed by atoms with van der Waals surface area (Å²) >= 11 is 0. The number of carbonyl (C=O) groups is 1. The zero-order valence-electron chi connectivity index (χ0n) is 15.5. The number of nitrogens with zero attached hydrogens (tertiary/aromatic N) is 3. The second kappa shape index (κ2) is 7.87. The van der Waals surface area contributed by atoms with E-state index in [2.05, 4.69) is 20.8 Å². The summed E-state index contributed by atoms with van der Waals surface area (Å²) < 4.78 is 12.4. The molecule has 2 N–H and O–H groups in total. The topological polar surface area (TPSA) is 90.3 Å². The first-order chi connectivity index (χ1) is 11.9. The summed E-state index contributed by atoms with van der Waals surface area (Å²) in [4.78, 5) is 12.3. The van der Waals surface area contributed by atoms with Crippen LogP contribution in [0.3, 0.4) is 0 Å². The van der Waals surface area contributed by atoms with Crippen LogP contribution >= 0.6 is 0 Å². The van der Waals surface area contributed by atoms with E-state index in [0.717, 1.165) is 11.1 Å². The monoisotopic (exact) mass is 347 g/mol. The van der Waals surface area contributed by atoms with Crippen molar-refractivity contribution in [3.8, 4) is 11.5 Å². The molecule has 2 aromatic rings. The van der Waals surface area contributed by atoms with Gasteiger partial charge in [-0.1, -0.05) is 0 Å². The molecule has 0 saturated heterocycles. The zero-order chi connectivity index (χ0) is 18.6. The molecule has 2 amide bonds. The molecule has 0 saturated carbocycles. The van der Waals surface area contributed by atoms with E-state index in [1.54, 1.807) is 25.1 Å². The summed E-state index contributed by atoms with van der Waals surface area (Å²) in [5.41, 5.74) is 1.96. The molecule has 0 fully saturated rings. The van der Waals surface area contributed by atoms with Crippen molar-refractivity contribution < 1.29 is 14.3 Å². The Bertz CT molecular complexity index is 744. The summed E-state index contributed by atoms with van der Waals surface area (Å²) in [5, 5.41) is 13.6. The van der Waals surface area contributed by atoms with Crippen LogP contribution in [0.5, 0.6) is 11.5 Å². The van der Waals surface area contributed by atoms with E-state index >= 15 is 0 Å². The van der Waals surface area contributed by atoms with Crippen LogP contribution in [0.25, 0.3) is 0 Å². The molecular formula is C17H25N5O3. The van der Waals surface area contributed by atoms with Gasteiger partial charge >= 0.3 is 6.03 Å². The van der Waals surface area contributed by atoms with Crippen LogP contribution < -0.4 is 20.1 Å². The second-order valence-electron chi connectivity index (χ2n) is 5.92. The standard InChI is InChI=1S/C17H25N5O3/c1-10-7-14(24-5)15(25-6)8-13(10)11(2)19-17(23)20-12(3)16-21-18-9-22(16)4/h7-9,11-12H,1-6H3,(H2,19,20,23). The summed E-state index contributed by atoms with van der Waals surface area (Å²) in [6.07, 6.45) is 1.60. The van der Waals surface area contributed by atoms with Crippen molar-refractivity contribution in [2.75, 3.05) is 14.2 Å². The first-order valence-corrected chi connectivity index (χ1v) is 8.00. The zero-order valence-corrected chi connectivity index (χ0v) is 15.5. The minimum atomic E-state index is -0.280. The maximum absolute atomic E-state index is 12.3. The number of nitrogens with one attached hydrogen (secondary N) is 2. The molecule has 0 aliphatic rings. The van der Waals surface area contributed by atoms with Gasteiger partial charge in [0, 0.05) is 7.05 Å². The Labute approximate surface area is 147 Å². The molecule has 136 valence electrons. The van der Waals surface area contributed by atoms with E-state index in [9.17, 15) is 4.79 Å². The number of rotatable bonds is 6. The SMILES string of the molecule is COc1cc(C)c(C(C)NC(=O)NC(C)c2nncn2C)cc1OC. The third kappa shape index (κ3) is 4.20. The van der Waals surface area contributed by atoms with Gasteiger partial charge in [-0.25, -0.2) is 4.79 Å². The molecule has 1 heterocycles. The van der Waals surface area contributed by atoms with Crippen LogP contribution in [0, 0.1) is 6.92 Å². The smallest absolute Gasteiger partial charge is 0.315 e. The molecule has 2 rings (SSSR count). The molecule has 25 heavy (non-hydrogen) atoms. The quantitative estimate of drug-likeness (QED) is 0.836. The molecule has 1 aromatic carbocycles. The lowest BCUT2D eigenvalue weighted by atomic mass is 10.0. The number of methoxy groups -OCH3 is 2. The van der Waals surface area contributed by atoms with Gasteiger partial charge in [0.2, 0.25) is 0 Å². The Hall–Kier alpha value is -2.77. The van der Waals surface area contributed by atoms with E-state index in [-0.39, 0.29) is 18.1 Å². The third-order valence-corrected chi connectivity index (χ3v) is 4.07. The Morgan fingerprint density at radius 1 is 1.12 bits per heavy atom. The van der Waals surface area contributed by atoms with Crippen molar-refractivity contribution in [3.63, 3.8) is 0 Å². The van der Waals surface area contributed by atoms with E-state index in [0.29, 0.717) is 17.3 Å². The lowest BCUT2D eigenvalue weighted by Gasteiger charge is -2.21. The van der Waals surface area contributed by atoms with Crippen LogP contribution in [-0.2, 0) is 7.05 Å². The highest BCUT2D eigenvalue weighted by atomic mass is 16.5. The number of ether oxygens (including phenoxy) is 2. The summed E-state index contributed by atoms with van der Waals surface area (Å²) in [7, 11) is 5.02. The third-order valence-electron chi connectivity index (χ3n) is 4.07. The molecule has 0 bridgehead atoms. The maximum atomic E-state index is 12.3. The fourth-order valence-corrected chi connectivity index (χ4v) is 2.72. The molecule has 0 spiro atoms. The minimum Gasteiger partial charge on any atom is -0.493 e. The van der Waals surface area contributed by atoms with E-state index in [4.69, 9.17) is 9.47 Å². The summed E-state index contributed by atoms with van der Waals surface area (Å²) in [6, 6.07) is 3.03. The molecule has 0 radical (unpaired) electrons. The lowest BCUT2D eigenvalue weighted by Crippen LogP contribution is -2.39. The van der Waals surface area contributed by atoms with Gasteiger partial charge in [0.05, 0.1) is 26.3 Å². The fourth-order valence-electron chi connectivity index (χ4n) is 2.72. The van der Waals surface area contributed by atoms with Gasteiger partial charge in [0.1, 0.15) is 6.33 Å². The highest BCUT2D eigenvalue weighted by Gasteiger charge is 2.18. The number of amides is 2. The number of aromatic nitrogens is 3. The van der Waals surface area contributed by atoms with Crippen LogP contribution in [0.1, 0.15) is 42.9 Å². The molecule has 0 aliphatic heterocycles. The molecular weight excluding hydrogens is 322 g/mol. The molecule has 8 nitrogen and oxygen atoms in total. The average molecular weight is 347 g/mol. The molecule has 2 unspecified atom stereocenters. The van der Waals surface area contributed by atoms with E-state index in [1.807, 2.05) is 40.0 Å². The number of urea groups is 1. The highest BCUT2D eigenvalue weighted by Crippen LogP contribution is 2.32. The minimum absolute atomic E-state index is 0.202. The van der Waals surface area contributed by atoms with Crippen molar-refractivity contribution in [1.29, 1.82) is 0 Å². The summed E-state index contributed by atoms with van der Waals surface area (Å²) in [5.74, 6) is 1.98. The van der Waals surface area contributed by atoms with Crippen LogP contribution in [0.4, 0.5) is 4.79 Å². The van der Waals surface area contributed by atoms with Crippen LogP contribution in [0.15, 0.2) is 18.5 Å². The number of hydrogen-bond donors (Lipinski definition) is 2. The Morgan fingerprint density at radius 3 is 2.28 bits per heavy atom. The molecule has 0 aliphatic carbocycles. The van der Waals surface area contributed by atoms with Crippen molar-refractivity contribution >= 4 is 6.03 Å². The largest absolute Gasteiger partial charge is 0.493 e. The Kier molecular flexibility index (Phi) is 5.84. The number of benzene rings is 1.